The highest BCUT2D eigenvalue weighted by Crippen LogP contribution is 2.45. The topological polar surface area (TPSA) is 40.5 Å². The van der Waals surface area contributed by atoms with Crippen LogP contribution >= 0.6 is 12.6 Å². The number of hydrogen-bond acceptors (Lipinski definition) is 3. The maximum Gasteiger partial charge on any atom is 0.308 e. The number of carboxylic acid groups (broad SMARTS) is 1. The van der Waals surface area contributed by atoms with Crippen LogP contribution in [-0.4, -0.2) is 41.4 Å². The molecule has 0 spiro atoms. The lowest BCUT2D eigenvalue weighted by Gasteiger charge is -2.40. The highest BCUT2D eigenvalue weighted by atomic mass is 32.1. The third-order valence-corrected chi connectivity index (χ3v) is 6.40. The van der Waals surface area contributed by atoms with E-state index in [1.165, 1.54) is 19.6 Å². The molecule has 0 aliphatic rings. The molecular formula is C28H35NO2S. The summed E-state index contributed by atoms with van der Waals surface area (Å²) in [5.41, 5.74) is 2.05. The van der Waals surface area contributed by atoms with Gasteiger partial charge in [0.1, 0.15) is 0 Å². The van der Waals surface area contributed by atoms with Crippen LogP contribution in [0.4, 0.5) is 0 Å². The molecule has 0 bridgehead atoms. The van der Waals surface area contributed by atoms with Gasteiger partial charge in [-0.05, 0) is 36.3 Å². The molecule has 3 nitrogen and oxygen atoms in total. The fourth-order valence-electron chi connectivity index (χ4n) is 4.28. The van der Waals surface area contributed by atoms with E-state index in [1.807, 2.05) is 91.0 Å². The summed E-state index contributed by atoms with van der Waals surface area (Å²) >= 11 is 4.42. The maximum atomic E-state index is 12.2. The molecule has 0 radical (unpaired) electrons. The summed E-state index contributed by atoms with van der Waals surface area (Å²) in [6, 6.07) is 29.5. The Kier molecular flexibility index (Phi) is 10.5. The van der Waals surface area contributed by atoms with Gasteiger partial charge in [0.2, 0.25) is 0 Å². The Bertz CT molecular complexity index is 810. The summed E-state index contributed by atoms with van der Waals surface area (Å²) < 4.78 is 0. The SMILES string of the molecule is CCN(CC)CC.O=C(O)[C@@H](CS)C(c1ccccc1)(c1ccccc1)c1ccccc1. The first kappa shape index (κ1) is 25.7. The summed E-state index contributed by atoms with van der Waals surface area (Å²) in [5, 5.41) is 10.0. The first-order valence-corrected chi connectivity index (χ1v) is 11.9. The van der Waals surface area contributed by atoms with Gasteiger partial charge >= 0.3 is 5.97 Å². The first-order valence-electron chi connectivity index (χ1n) is 11.3. The van der Waals surface area contributed by atoms with Crippen LogP contribution in [0.5, 0.6) is 0 Å². The lowest BCUT2D eigenvalue weighted by atomic mass is 9.62. The fourth-order valence-corrected chi connectivity index (χ4v) is 4.71. The number of carboxylic acids is 1. The third-order valence-electron chi connectivity index (χ3n) is 6.03. The summed E-state index contributed by atoms with van der Waals surface area (Å²) in [6.45, 7) is 10.1. The number of thiol groups is 1. The van der Waals surface area contributed by atoms with Gasteiger partial charge in [0.15, 0.2) is 0 Å². The lowest BCUT2D eigenvalue weighted by molar-refractivity contribution is -0.142. The number of carbonyl (C=O) groups is 1. The Balaban J connectivity index is 0.000000451. The van der Waals surface area contributed by atoms with Gasteiger partial charge in [0.05, 0.1) is 11.3 Å². The van der Waals surface area contributed by atoms with Crippen LogP contribution < -0.4 is 0 Å². The van der Waals surface area contributed by atoms with Crippen molar-refractivity contribution in [2.24, 2.45) is 5.92 Å². The van der Waals surface area contributed by atoms with Crippen molar-refractivity contribution in [1.29, 1.82) is 0 Å². The smallest absolute Gasteiger partial charge is 0.308 e. The Morgan fingerprint density at radius 1 is 0.750 bits per heavy atom. The van der Waals surface area contributed by atoms with Gasteiger partial charge in [-0.25, -0.2) is 0 Å². The van der Waals surface area contributed by atoms with Crippen LogP contribution in [0.1, 0.15) is 37.5 Å². The number of rotatable bonds is 9. The Hall–Kier alpha value is -2.56. The molecule has 32 heavy (non-hydrogen) atoms. The van der Waals surface area contributed by atoms with E-state index in [0.29, 0.717) is 0 Å². The molecule has 0 heterocycles. The fraction of sp³-hybridized carbons (Fsp3) is 0.321. The molecule has 0 aromatic heterocycles. The van der Waals surface area contributed by atoms with Gasteiger partial charge in [-0.15, -0.1) is 0 Å². The predicted molar refractivity (Wildman–Crippen MR) is 138 cm³/mol. The molecule has 0 saturated carbocycles. The minimum absolute atomic E-state index is 0.230. The van der Waals surface area contributed by atoms with Crippen LogP contribution in [0.15, 0.2) is 91.0 Å². The van der Waals surface area contributed by atoms with Crippen molar-refractivity contribution in [3.8, 4) is 0 Å². The van der Waals surface area contributed by atoms with Crippen molar-refractivity contribution >= 4 is 18.6 Å². The molecule has 4 heteroatoms. The van der Waals surface area contributed by atoms with Crippen LogP contribution in [0.3, 0.4) is 0 Å². The molecule has 0 fully saturated rings. The summed E-state index contributed by atoms with van der Waals surface area (Å²) in [4.78, 5) is 14.6. The van der Waals surface area contributed by atoms with E-state index in [0.717, 1.165) is 16.7 Å². The summed E-state index contributed by atoms with van der Waals surface area (Å²) in [6.07, 6.45) is 0. The van der Waals surface area contributed by atoms with E-state index >= 15 is 0 Å². The van der Waals surface area contributed by atoms with Crippen LogP contribution in [0, 0.1) is 5.92 Å². The Morgan fingerprint density at radius 3 is 1.25 bits per heavy atom. The minimum atomic E-state index is -0.855. The second kappa shape index (κ2) is 13.1. The molecule has 0 aliphatic heterocycles. The van der Waals surface area contributed by atoms with Crippen LogP contribution in [0.2, 0.25) is 0 Å². The quantitative estimate of drug-likeness (QED) is 0.311. The van der Waals surface area contributed by atoms with Gasteiger partial charge in [-0.3, -0.25) is 4.79 Å². The Labute approximate surface area is 198 Å². The van der Waals surface area contributed by atoms with E-state index in [9.17, 15) is 9.90 Å². The summed E-state index contributed by atoms with van der Waals surface area (Å²) in [5.74, 6) is -1.33. The molecule has 0 saturated heterocycles. The van der Waals surface area contributed by atoms with Gasteiger partial charge in [0, 0.05) is 5.75 Å². The largest absolute Gasteiger partial charge is 0.481 e. The van der Waals surface area contributed by atoms with Crippen LogP contribution in [-0.2, 0) is 10.2 Å². The highest BCUT2D eigenvalue weighted by molar-refractivity contribution is 7.80. The first-order chi connectivity index (χ1) is 15.6. The molecule has 0 amide bonds. The number of hydrogen-bond donors (Lipinski definition) is 2. The number of benzene rings is 3. The molecule has 170 valence electrons. The van der Waals surface area contributed by atoms with Crippen molar-refractivity contribution in [2.75, 3.05) is 25.4 Å². The van der Waals surface area contributed by atoms with E-state index < -0.39 is 17.3 Å². The average molecular weight is 450 g/mol. The minimum Gasteiger partial charge on any atom is -0.481 e. The van der Waals surface area contributed by atoms with Gasteiger partial charge in [0.25, 0.3) is 0 Å². The molecule has 1 N–H and O–H groups in total. The maximum absolute atomic E-state index is 12.2. The third kappa shape index (κ3) is 5.81. The van der Waals surface area contributed by atoms with E-state index in [1.54, 1.807) is 0 Å². The van der Waals surface area contributed by atoms with Crippen molar-refractivity contribution in [1.82, 2.24) is 4.90 Å². The Morgan fingerprint density at radius 2 is 1.06 bits per heavy atom. The van der Waals surface area contributed by atoms with E-state index in [4.69, 9.17) is 0 Å². The second-order valence-corrected chi connectivity index (χ2v) is 7.96. The van der Waals surface area contributed by atoms with Crippen LogP contribution in [0.25, 0.3) is 0 Å². The molecule has 1 atom stereocenters. The second-order valence-electron chi connectivity index (χ2n) is 7.60. The molecular weight excluding hydrogens is 414 g/mol. The molecule has 3 rings (SSSR count). The van der Waals surface area contributed by atoms with E-state index in [2.05, 4.69) is 38.3 Å². The zero-order valence-corrected chi connectivity index (χ0v) is 20.2. The monoisotopic (exact) mass is 449 g/mol. The number of aliphatic carboxylic acids is 1. The molecule has 3 aromatic rings. The van der Waals surface area contributed by atoms with Crippen molar-refractivity contribution < 1.29 is 9.90 Å². The number of nitrogens with zero attached hydrogens (tertiary/aromatic N) is 1. The zero-order chi connectivity index (χ0) is 23.4. The zero-order valence-electron chi connectivity index (χ0n) is 19.3. The van der Waals surface area contributed by atoms with Gasteiger partial charge < -0.3 is 10.0 Å². The molecule has 0 unspecified atom stereocenters. The average Bonchev–Trinajstić information content (AvgIpc) is 2.85. The van der Waals surface area contributed by atoms with Crippen molar-refractivity contribution in [2.45, 2.75) is 26.2 Å². The van der Waals surface area contributed by atoms with Gasteiger partial charge in [-0.2, -0.15) is 12.6 Å². The van der Waals surface area contributed by atoms with E-state index in [-0.39, 0.29) is 5.75 Å². The summed E-state index contributed by atoms with van der Waals surface area (Å²) in [7, 11) is 0. The standard InChI is InChI=1S/C22H20O2S.C6H15N/c23-21(24)20(16-25)22(17-10-4-1-5-11-17,18-12-6-2-7-13-18)19-14-8-3-9-15-19;1-4-7(5-2)6-3/h1-15,20,25H,16H2,(H,23,24);4-6H2,1-3H3/t20-;/m1./s1. The van der Waals surface area contributed by atoms with Crippen molar-refractivity contribution in [3.63, 3.8) is 0 Å². The van der Waals surface area contributed by atoms with Crippen molar-refractivity contribution in [3.05, 3.63) is 108 Å². The predicted octanol–water partition coefficient (Wildman–Crippen LogP) is 6.00. The molecule has 3 aromatic carbocycles. The lowest BCUT2D eigenvalue weighted by Crippen LogP contribution is -2.43. The van der Waals surface area contributed by atoms with Gasteiger partial charge in [-0.1, -0.05) is 112 Å². The molecule has 0 aliphatic carbocycles. The normalized spacial score (nSPS) is 12.0. The highest BCUT2D eigenvalue weighted by Gasteiger charge is 2.46.